The van der Waals surface area contributed by atoms with Gasteiger partial charge in [0.2, 0.25) is 5.91 Å². The number of aryl methyl sites for hydroxylation is 2. The number of nitrogens with zero attached hydrogens (tertiary/aromatic N) is 10. The number of carbonyl (C=O) groups is 1. The highest BCUT2D eigenvalue weighted by molar-refractivity contribution is 5.86. The zero-order chi connectivity index (χ0) is 29.9. The van der Waals surface area contributed by atoms with Gasteiger partial charge in [0.25, 0.3) is 6.79 Å². The van der Waals surface area contributed by atoms with Crippen molar-refractivity contribution in [2.75, 3.05) is 13.3 Å². The Balaban J connectivity index is 1.42. The molecule has 3 aromatic heterocycles. The quantitative estimate of drug-likeness (QED) is 0.244. The number of ether oxygens (including phenoxy) is 1. The summed E-state index contributed by atoms with van der Waals surface area (Å²) in [6, 6.07) is 21.4. The van der Waals surface area contributed by atoms with Gasteiger partial charge in [-0.1, -0.05) is 17.0 Å². The summed E-state index contributed by atoms with van der Waals surface area (Å²) in [6.07, 6.45) is -0.229. The number of aromatic nitrogens is 6. The molecule has 0 bridgehead atoms. The lowest BCUT2D eigenvalue weighted by atomic mass is 10.00. The van der Waals surface area contributed by atoms with Crippen molar-refractivity contribution < 1.29 is 14.4 Å². The summed E-state index contributed by atoms with van der Waals surface area (Å²) in [7, 11) is 0. The number of para-hydroxylation sites is 1. The molecular weight excluding hydrogens is 536 g/mol. The first-order valence-corrected chi connectivity index (χ1v) is 12.9. The number of carbonyl (C=O) groups excluding carboxylic acids is 1. The molecule has 0 saturated heterocycles. The molecule has 208 valence electrons. The van der Waals surface area contributed by atoms with Crippen molar-refractivity contribution in [1.29, 1.82) is 15.8 Å². The summed E-state index contributed by atoms with van der Waals surface area (Å²) in [5.74, 6) is -0.0503. The Kier molecular flexibility index (Phi) is 7.38. The van der Waals surface area contributed by atoms with Gasteiger partial charge in [-0.05, 0) is 68.4 Å². The van der Waals surface area contributed by atoms with Crippen molar-refractivity contribution in [2.45, 2.75) is 32.7 Å². The summed E-state index contributed by atoms with van der Waals surface area (Å²) < 4.78 is 7.37. The van der Waals surface area contributed by atoms with Crippen LogP contribution in [0.3, 0.4) is 0 Å². The summed E-state index contributed by atoms with van der Waals surface area (Å²) in [5, 5.41) is 41.5. The van der Waals surface area contributed by atoms with Gasteiger partial charge in [0.05, 0.1) is 12.1 Å². The lowest BCUT2D eigenvalue weighted by Gasteiger charge is -2.27. The highest BCUT2D eigenvalue weighted by Crippen LogP contribution is 2.29. The van der Waals surface area contributed by atoms with E-state index in [1.165, 1.54) is 4.85 Å². The minimum Gasteiger partial charge on any atom is -0.455 e. The van der Waals surface area contributed by atoms with Crippen molar-refractivity contribution in [3.05, 3.63) is 71.5 Å². The molecule has 0 N–H and O–H groups in total. The van der Waals surface area contributed by atoms with Crippen LogP contribution in [-0.2, 0) is 11.2 Å². The second-order valence-electron chi connectivity index (χ2n) is 9.33. The van der Waals surface area contributed by atoms with Gasteiger partial charge in [0, 0.05) is 29.1 Å². The van der Waals surface area contributed by atoms with Crippen LogP contribution < -0.4 is 9.57 Å². The average molecular weight is 561 g/mol. The van der Waals surface area contributed by atoms with Gasteiger partial charge in [-0.3, -0.25) is 4.79 Å². The third kappa shape index (κ3) is 4.89. The molecule has 0 spiro atoms. The fourth-order valence-electron chi connectivity index (χ4n) is 4.66. The molecule has 0 radical (unpaired) electrons. The molecule has 5 aromatic rings. The topological polar surface area (TPSA) is 171 Å². The highest BCUT2D eigenvalue weighted by Gasteiger charge is 2.40. The molecule has 2 aromatic carbocycles. The maximum atomic E-state index is 13.5. The summed E-state index contributed by atoms with van der Waals surface area (Å²) in [4.78, 5) is 25.9. The standard InChI is InChI=1S/C29H24N10O3/c1-4-37(29(15-30,16-31)17-32)26(40)14-23-27(35-38-20(3)13-19(2)33-28(23)38)21-9-11-22(12-10-21)41-18-42-39-25-8-6-5-7-24(25)34-36-39/h5-13H,4,14,18H2,1-3H3. The fourth-order valence-corrected chi connectivity index (χ4v) is 4.66. The largest absolute Gasteiger partial charge is 0.455 e. The first-order chi connectivity index (χ1) is 20.3. The maximum Gasteiger partial charge on any atom is 0.303 e. The zero-order valence-corrected chi connectivity index (χ0v) is 23.0. The Hall–Kier alpha value is -6.00. The van der Waals surface area contributed by atoms with Crippen LogP contribution in [0.4, 0.5) is 0 Å². The van der Waals surface area contributed by atoms with Crippen LogP contribution in [0, 0.1) is 47.8 Å². The molecular formula is C29H24N10O3. The normalized spacial score (nSPS) is 11.0. The van der Waals surface area contributed by atoms with E-state index in [1.54, 1.807) is 53.9 Å². The number of hydrogen-bond acceptors (Lipinski definition) is 10. The van der Waals surface area contributed by atoms with Crippen LogP contribution in [-0.4, -0.2) is 59.4 Å². The SMILES string of the molecule is CCN(C(=O)Cc1c(-c2ccc(OCOn3nnc4ccccc43)cc2)nn2c(C)cc(C)nc12)C(C#N)(C#N)C#N. The number of amides is 1. The second kappa shape index (κ2) is 11.2. The number of nitriles is 3. The third-order valence-electron chi connectivity index (χ3n) is 6.68. The smallest absolute Gasteiger partial charge is 0.303 e. The van der Waals surface area contributed by atoms with Crippen LogP contribution in [0.15, 0.2) is 54.6 Å². The molecule has 3 heterocycles. The van der Waals surface area contributed by atoms with Gasteiger partial charge >= 0.3 is 5.54 Å². The van der Waals surface area contributed by atoms with Crippen LogP contribution in [0.2, 0.25) is 0 Å². The Morgan fingerprint density at radius 2 is 1.76 bits per heavy atom. The Labute approximate surface area is 240 Å². The van der Waals surface area contributed by atoms with Crippen molar-refractivity contribution >= 4 is 22.6 Å². The van der Waals surface area contributed by atoms with Crippen LogP contribution in [0.5, 0.6) is 5.75 Å². The number of rotatable bonds is 9. The maximum absolute atomic E-state index is 13.5. The first-order valence-electron chi connectivity index (χ1n) is 12.9. The summed E-state index contributed by atoms with van der Waals surface area (Å²) >= 11 is 0. The average Bonchev–Trinajstić information content (AvgIpc) is 3.58. The molecule has 13 heteroatoms. The predicted octanol–water partition coefficient (Wildman–Crippen LogP) is 2.92. The van der Waals surface area contributed by atoms with Crippen molar-refractivity contribution in [3.8, 4) is 35.2 Å². The Bertz CT molecular complexity index is 1890. The van der Waals surface area contributed by atoms with E-state index in [4.69, 9.17) is 14.7 Å². The first kappa shape index (κ1) is 27.6. The lowest BCUT2D eigenvalue weighted by Crippen LogP contribution is -2.49. The van der Waals surface area contributed by atoms with Crippen LogP contribution in [0.25, 0.3) is 27.9 Å². The molecule has 42 heavy (non-hydrogen) atoms. The van der Waals surface area contributed by atoms with Gasteiger partial charge in [-0.2, -0.15) is 20.9 Å². The third-order valence-corrected chi connectivity index (χ3v) is 6.68. The molecule has 1 amide bonds. The van der Waals surface area contributed by atoms with Crippen molar-refractivity contribution in [3.63, 3.8) is 0 Å². The zero-order valence-electron chi connectivity index (χ0n) is 23.0. The minimum absolute atomic E-state index is 0.00790. The van der Waals surface area contributed by atoms with Crippen molar-refractivity contribution in [2.24, 2.45) is 0 Å². The number of hydrogen-bond donors (Lipinski definition) is 0. The highest BCUT2D eigenvalue weighted by atomic mass is 16.8. The molecule has 13 nitrogen and oxygen atoms in total. The van der Waals surface area contributed by atoms with Crippen molar-refractivity contribution in [1.82, 2.24) is 34.7 Å². The van der Waals surface area contributed by atoms with Gasteiger partial charge in [0.1, 0.15) is 35.0 Å². The lowest BCUT2D eigenvalue weighted by molar-refractivity contribution is -0.132. The minimum atomic E-state index is -2.24. The molecule has 0 fully saturated rings. The molecule has 0 aliphatic carbocycles. The molecule has 5 rings (SSSR count). The number of likely N-dealkylation sites (N-methyl/N-ethyl adjacent to an activating group) is 1. The molecule has 0 saturated carbocycles. The van der Waals surface area contributed by atoms with E-state index in [1.807, 2.05) is 44.2 Å². The van der Waals surface area contributed by atoms with Crippen LogP contribution >= 0.6 is 0 Å². The predicted molar refractivity (Wildman–Crippen MR) is 148 cm³/mol. The molecule has 0 aliphatic rings. The van der Waals surface area contributed by atoms with E-state index < -0.39 is 11.4 Å². The van der Waals surface area contributed by atoms with E-state index >= 15 is 0 Å². The molecule has 0 atom stereocenters. The molecule has 0 aliphatic heterocycles. The van der Waals surface area contributed by atoms with Gasteiger partial charge in [-0.25, -0.2) is 9.50 Å². The summed E-state index contributed by atoms with van der Waals surface area (Å²) in [6.45, 7) is 5.20. The second-order valence-corrected chi connectivity index (χ2v) is 9.33. The van der Waals surface area contributed by atoms with E-state index in [-0.39, 0.29) is 19.8 Å². The monoisotopic (exact) mass is 560 g/mol. The number of benzene rings is 2. The van der Waals surface area contributed by atoms with Gasteiger partial charge < -0.3 is 14.5 Å². The molecule has 0 unspecified atom stereocenters. The Morgan fingerprint density at radius 3 is 2.45 bits per heavy atom. The van der Waals surface area contributed by atoms with E-state index in [0.29, 0.717) is 39.3 Å². The summed E-state index contributed by atoms with van der Waals surface area (Å²) in [5.41, 5.74) is 2.86. The van der Waals surface area contributed by atoms with E-state index in [0.717, 1.165) is 16.3 Å². The van der Waals surface area contributed by atoms with Gasteiger partial charge in [-0.15, -0.1) is 5.10 Å². The van der Waals surface area contributed by atoms with Crippen LogP contribution in [0.1, 0.15) is 23.9 Å². The number of fused-ring (bicyclic) bond motifs is 2. The van der Waals surface area contributed by atoms with E-state index in [2.05, 4.69) is 15.3 Å². The fraction of sp³-hybridized carbons (Fsp3) is 0.241. The Morgan fingerprint density at radius 1 is 1.05 bits per heavy atom. The van der Waals surface area contributed by atoms with Gasteiger partial charge in [0.15, 0.2) is 5.65 Å². The van der Waals surface area contributed by atoms with E-state index in [9.17, 15) is 20.6 Å².